The average Bonchev–Trinajstić information content (AvgIpc) is 2.80. The predicted octanol–water partition coefficient (Wildman–Crippen LogP) is 2.37. The van der Waals surface area contributed by atoms with E-state index in [4.69, 9.17) is 0 Å². The van der Waals surface area contributed by atoms with E-state index < -0.39 is 4.92 Å². The van der Waals surface area contributed by atoms with Gasteiger partial charge in [0, 0.05) is 30.6 Å². The number of rotatable bonds is 4. The maximum Gasteiger partial charge on any atom is 0.271 e. The SMILES string of the molecule is CCn1cc(C(=O)Nc2cccc([N+](=O)[O-])c2)c(C)n1. The van der Waals surface area contributed by atoms with Crippen LogP contribution in [0.1, 0.15) is 23.0 Å². The van der Waals surface area contributed by atoms with Crippen LogP contribution in [0.5, 0.6) is 0 Å². The summed E-state index contributed by atoms with van der Waals surface area (Å²) in [5.41, 5.74) is 1.39. The van der Waals surface area contributed by atoms with Crippen molar-refractivity contribution in [3.8, 4) is 0 Å². The van der Waals surface area contributed by atoms with Crippen molar-refractivity contribution in [3.05, 3.63) is 51.8 Å². The quantitative estimate of drug-likeness (QED) is 0.684. The van der Waals surface area contributed by atoms with Gasteiger partial charge < -0.3 is 5.32 Å². The number of aromatic nitrogens is 2. The number of aryl methyl sites for hydroxylation is 2. The predicted molar refractivity (Wildman–Crippen MR) is 73.7 cm³/mol. The number of non-ortho nitro benzene ring substituents is 1. The van der Waals surface area contributed by atoms with Gasteiger partial charge in [0.05, 0.1) is 16.2 Å². The Balaban J connectivity index is 2.21. The number of nitrogens with one attached hydrogen (secondary N) is 1. The lowest BCUT2D eigenvalue weighted by molar-refractivity contribution is -0.384. The van der Waals surface area contributed by atoms with E-state index in [0.717, 1.165) is 0 Å². The van der Waals surface area contributed by atoms with Crippen LogP contribution < -0.4 is 5.32 Å². The molecule has 0 saturated heterocycles. The first-order valence-corrected chi connectivity index (χ1v) is 6.11. The lowest BCUT2D eigenvalue weighted by Crippen LogP contribution is -2.12. The molecule has 0 spiro atoms. The largest absolute Gasteiger partial charge is 0.322 e. The minimum atomic E-state index is -0.504. The van der Waals surface area contributed by atoms with Crippen LogP contribution in [0, 0.1) is 17.0 Å². The summed E-state index contributed by atoms with van der Waals surface area (Å²) < 4.78 is 1.66. The minimum absolute atomic E-state index is 0.0659. The van der Waals surface area contributed by atoms with Gasteiger partial charge in [-0.2, -0.15) is 5.10 Å². The van der Waals surface area contributed by atoms with Crippen LogP contribution in [-0.2, 0) is 6.54 Å². The van der Waals surface area contributed by atoms with Crippen molar-refractivity contribution >= 4 is 17.3 Å². The Labute approximate surface area is 115 Å². The summed E-state index contributed by atoms with van der Waals surface area (Å²) in [6, 6.07) is 5.81. The van der Waals surface area contributed by atoms with E-state index in [1.54, 1.807) is 23.9 Å². The summed E-state index contributed by atoms with van der Waals surface area (Å²) in [6.07, 6.45) is 1.65. The second-order valence-corrected chi connectivity index (χ2v) is 4.25. The summed E-state index contributed by atoms with van der Waals surface area (Å²) in [5.74, 6) is -0.331. The van der Waals surface area contributed by atoms with Crippen LogP contribution in [0.25, 0.3) is 0 Å². The zero-order chi connectivity index (χ0) is 14.7. The monoisotopic (exact) mass is 274 g/mol. The highest BCUT2D eigenvalue weighted by molar-refractivity contribution is 6.05. The molecule has 0 atom stereocenters. The van der Waals surface area contributed by atoms with Crippen LogP contribution in [0.15, 0.2) is 30.5 Å². The van der Waals surface area contributed by atoms with Crippen LogP contribution >= 0.6 is 0 Å². The zero-order valence-corrected chi connectivity index (χ0v) is 11.2. The Morgan fingerprint density at radius 2 is 2.25 bits per heavy atom. The smallest absolute Gasteiger partial charge is 0.271 e. The van der Waals surface area contributed by atoms with E-state index >= 15 is 0 Å². The van der Waals surface area contributed by atoms with Gasteiger partial charge in [-0.05, 0) is 19.9 Å². The molecular weight excluding hydrogens is 260 g/mol. The number of benzene rings is 1. The molecule has 0 aliphatic carbocycles. The van der Waals surface area contributed by atoms with E-state index in [9.17, 15) is 14.9 Å². The third-order valence-electron chi connectivity index (χ3n) is 2.83. The van der Waals surface area contributed by atoms with Crippen molar-refractivity contribution < 1.29 is 9.72 Å². The van der Waals surface area contributed by atoms with Gasteiger partial charge in [0.2, 0.25) is 0 Å². The summed E-state index contributed by atoms with van der Waals surface area (Å²) in [7, 11) is 0. The number of nitro benzene ring substituents is 1. The van der Waals surface area contributed by atoms with Crippen LogP contribution in [-0.4, -0.2) is 20.6 Å². The zero-order valence-electron chi connectivity index (χ0n) is 11.2. The van der Waals surface area contributed by atoms with E-state index in [0.29, 0.717) is 23.5 Å². The molecule has 0 radical (unpaired) electrons. The third-order valence-corrected chi connectivity index (χ3v) is 2.83. The Kier molecular flexibility index (Phi) is 3.79. The third kappa shape index (κ3) is 2.82. The molecule has 1 heterocycles. The molecule has 1 aromatic carbocycles. The van der Waals surface area contributed by atoms with Gasteiger partial charge in [-0.15, -0.1) is 0 Å². The Bertz CT molecular complexity index is 663. The van der Waals surface area contributed by atoms with E-state index in [2.05, 4.69) is 10.4 Å². The van der Waals surface area contributed by atoms with Gasteiger partial charge >= 0.3 is 0 Å². The van der Waals surface area contributed by atoms with Crippen molar-refractivity contribution in [1.29, 1.82) is 0 Å². The highest BCUT2D eigenvalue weighted by Crippen LogP contribution is 2.18. The van der Waals surface area contributed by atoms with Gasteiger partial charge in [-0.25, -0.2) is 0 Å². The molecule has 0 unspecified atom stereocenters. The number of nitro groups is 1. The molecule has 2 rings (SSSR count). The molecular formula is C13H14N4O3. The molecule has 1 amide bonds. The molecule has 0 aliphatic heterocycles. The number of amides is 1. The highest BCUT2D eigenvalue weighted by Gasteiger charge is 2.14. The molecule has 0 aliphatic rings. The standard InChI is InChI=1S/C13H14N4O3/c1-3-16-8-12(9(2)15-16)13(18)14-10-5-4-6-11(7-10)17(19)20/h4-8H,3H2,1-2H3,(H,14,18). The number of hydrogen-bond donors (Lipinski definition) is 1. The second kappa shape index (κ2) is 5.52. The highest BCUT2D eigenvalue weighted by atomic mass is 16.6. The topological polar surface area (TPSA) is 90.1 Å². The minimum Gasteiger partial charge on any atom is -0.322 e. The van der Waals surface area contributed by atoms with Crippen LogP contribution in [0.4, 0.5) is 11.4 Å². The molecule has 0 saturated carbocycles. The van der Waals surface area contributed by atoms with Crippen LogP contribution in [0.2, 0.25) is 0 Å². The first-order valence-electron chi connectivity index (χ1n) is 6.11. The summed E-state index contributed by atoms with van der Waals surface area (Å²) in [4.78, 5) is 22.3. The van der Waals surface area contributed by atoms with Gasteiger partial charge in [0.15, 0.2) is 0 Å². The molecule has 7 nitrogen and oxygen atoms in total. The van der Waals surface area contributed by atoms with Crippen LogP contribution in [0.3, 0.4) is 0 Å². The maximum atomic E-state index is 12.1. The van der Waals surface area contributed by atoms with Gasteiger partial charge in [0.1, 0.15) is 0 Å². The fraction of sp³-hybridized carbons (Fsp3) is 0.231. The Morgan fingerprint density at radius 3 is 2.85 bits per heavy atom. The molecule has 20 heavy (non-hydrogen) atoms. The number of carbonyl (C=O) groups is 1. The fourth-order valence-electron chi connectivity index (χ4n) is 1.80. The average molecular weight is 274 g/mol. The second-order valence-electron chi connectivity index (χ2n) is 4.25. The number of carbonyl (C=O) groups excluding carboxylic acids is 1. The van der Waals surface area contributed by atoms with Crippen molar-refractivity contribution in [1.82, 2.24) is 9.78 Å². The molecule has 0 bridgehead atoms. The first kappa shape index (κ1) is 13.7. The van der Waals surface area contributed by atoms with Crippen molar-refractivity contribution in [2.24, 2.45) is 0 Å². The van der Waals surface area contributed by atoms with Gasteiger partial charge in [-0.1, -0.05) is 6.07 Å². The molecule has 7 heteroatoms. The van der Waals surface area contributed by atoms with Crippen molar-refractivity contribution in [3.63, 3.8) is 0 Å². The fourth-order valence-corrected chi connectivity index (χ4v) is 1.80. The lowest BCUT2D eigenvalue weighted by Gasteiger charge is -2.03. The van der Waals surface area contributed by atoms with E-state index in [1.165, 1.54) is 18.2 Å². The van der Waals surface area contributed by atoms with Gasteiger partial charge in [0.25, 0.3) is 11.6 Å². The molecule has 0 fully saturated rings. The number of hydrogen-bond acceptors (Lipinski definition) is 4. The van der Waals surface area contributed by atoms with Gasteiger partial charge in [-0.3, -0.25) is 19.6 Å². The van der Waals surface area contributed by atoms with Crippen molar-refractivity contribution in [2.75, 3.05) is 5.32 Å². The summed E-state index contributed by atoms with van der Waals surface area (Å²) in [5, 5.41) is 17.5. The summed E-state index contributed by atoms with van der Waals surface area (Å²) in [6.45, 7) is 4.34. The maximum absolute atomic E-state index is 12.1. The van der Waals surface area contributed by atoms with E-state index in [1.807, 2.05) is 6.92 Å². The number of nitrogens with zero attached hydrogens (tertiary/aromatic N) is 3. The van der Waals surface area contributed by atoms with Crippen molar-refractivity contribution in [2.45, 2.75) is 20.4 Å². The first-order chi connectivity index (χ1) is 9.51. The lowest BCUT2D eigenvalue weighted by atomic mass is 10.2. The molecule has 1 N–H and O–H groups in total. The number of anilines is 1. The normalized spacial score (nSPS) is 10.3. The molecule has 1 aromatic heterocycles. The Hall–Kier alpha value is -2.70. The summed E-state index contributed by atoms with van der Waals surface area (Å²) >= 11 is 0. The van der Waals surface area contributed by atoms with E-state index in [-0.39, 0.29) is 11.6 Å². The Morgan fingerprint density at radius 1 is 1.50 bits per heavy atom. The molecule has 2 aromatic rings. The molecule has 104 valence electrons.